The van der Waals surface area contributed by atoms with Gasteiger partial charge in [0.15, 0.2) is 6.61 Å². The Bertz CT molecular complexity index is 667. The van der Waals surface area contributed by atoms with Gasteiger partial charge < -0.3 is 9.84 Å². The van der Waals surface area contributed by atoms with E-state index in [1.54, 1.807) is 24.3 Å². The van der Waals surface area contributed by atoms with Gasteiger partial charge in [0.2, 0.25) is 0 Å². The highest BCUT2D eigenvalue weighted by Gasteiger charge is 2.05. The molecule has 0 atom stereocenters. The average Bonchev–Trinajstić information content (AvgIpc) is 2.51. The minimum Gasteiger partial charge on any atom is -0.506 e. The number of hydrazone groups is 1. The van der Waals surface area contributed by atoms with Crippen LogP contribution in [0.1, 0.15) is 5.56 Å². The average molecular weight is 428 g/mol. The number of rotatable bonds is 5. The van der Waals surface area contributed by atoms with E-state index in [9.17, 15) is 9.90 Å². The molecule has 0 fully saturated rings. The molecule has 2 aromatic carbocycles. The van der Waals surface area contributed by atoms with Crippen molar-refractivity contribution in [2.45, 2.75) is 0 Å². The maximum Gasteiger partial charge on any atom is 0.277 e. The maximum absolute atomic E-state index is 11.6. The van der Waals surface area contributed by atoms with E-state index < -0.39 is 0 Å². The number of ether oxygens (including phenoxy) is 1. The normalized spacial score (nSPS) is 10.6. The minimum absolute atomic E-state index is 0.109. The fraction of sp³-hybridized carbons (Fsp3) is 0.0667. The van der Waals surface area contributed by atoms with Crippen molar-refractivity contribution in [2.75, 3.05) is 6.61 Å². The molecule has 114 valence electrons. The van der Waals surface area contributed by atoms with Gasteiger partial charge in [-0.15, -0.1) is 0 Å². The summed E-state index contributed by atoms with van der Waals surface area (Å²) in [7, 11) is 0. The largest absolute Gasteiger partial charge is 0.506 e. The second kappa shape index (κ2) is 7.95. The topological polar surface area (TPSA) is 70.9 Å². The van der Waals surface area contributed by atoms with Crippen LogP contribution in [0.4, 0.5) is 0 Å². The Kier molecular flexibility index (Phi) is 5.97. The lowest BCUT2D eigenvalue weighted by atomic mass is 10.2. The highest BCUT2D eigenvalue weighted by molar-refractivity contribution is 9.11. The van der Waals surface area contributed by atoms with Crippen LogP contribution in [-0.4, -0.2) is 23.8 Å². The Labute approximate surface area is 144 Å². The third kappa shape index (κ3) is 4.85. The van der Waals surface area contributed by atoms with E-state index in [0.29, 0.717) is 20.3 Å². The number of benzene rings is 2. The van der Waals surface area contributed by atoms with Crippen molar-refractivity contribution in [3.05, 3.63) is 57.0 Å². The molecule has 2 rings (SSSR count). The number of nitrogens with zero attached hydrogens (tertiary/aromatic N) is 1. The van der Waals surface area contributed by atoms with Crippen LogP contribution in [0.15, 0.2) is 56.5 Å². The van der Waals surface area contributed by atoms with Gasteiger partial charge in [-0.1, -0.05) is 18.2 Å². The van der Waals surface area contributed by atoms with Crippen molar-refractivity contribution >= 4 is 44.0 Å². The van der Waals surface area contributed by atoms with Gasteiger partial charge in [0.1, 0.15) is 11.5 Å². The Morgan fingerprint density at radius 2 is 1.86 bits per heavy atom. The van der Waals surface area contributed by atoms with Gasteiger partial charge in [-0.05, 0) is 61.7 Å². The molecule has 0 saturated carbocycles. The van der Waals surface area contributed by atoms with E-state index >= 15 is 0 Å². The number of carbonyl (C=O) groups excluding carboxylic acids is 1. The van der Waals surface area contributed by atoms with E-state index in [-0.39, 0.29) is 18.3 Å². The fourth-order valence-electron chi connectivity index (χ4n) is 1.54. The number of phenols is 1. The Morgan fingerprint density at radius 3 is 2.50 bits per heavy atom. The highest BCUT2D eigenvalue weighted by Crippen LogP contribution is 2.32. The quantitative estimate of drug-likeness (QED) is 0.567. The molecule has 0 spiro atoms. The van der Waals surface area contributed by atoms with Crippen LogP contribution in [0.3, 0.4) is 0 Å². The van der Waals surface area contributed by atoms with Gasteiger partial charge >= 0.3 is 0 Å². The summed E-state index contributed by atoms with van der Waals surface area (Å²) >= 11 is 6.44. The summed E-state index contributed by atoms with van der Waals surface area (Å²) < 4.78 is 6.35. The van der Waals surface area contributed by atoms with Gasteiger partial charge in [-0.2, -0.15) is 5.10 Å². The van der Waals surface area contributed by atoms with E-state index in [2.05, 4.69) is 42.4 Å². The maximum atomic E-state index is 11.6. The molecule has 2 N–H and O–H groups in total. The summed E-state index contributed by atoms with van der Waals surface area (Å²) in [4.78, 5) is 11.6. The molecular weight excluding hydrogens is 416 g/mol. The van der Waals surface area contributed by atoms with Gasteiger partial charge in [0.05, 0.1) is 15.2 Å². The van der Waals surface area contributed by atoms with Gasteiger partial charge in [0.25, 0.3) is 5.91 Å². The zero-order valence-electron chi connectivity index (χ0n) is 11.3. The van der Waals surface area contributed by atoms with Crippen LogP contribution in [-0.2, 0) is 4.79 Å². The monoisotopic (exact) mass is 426 g/mol. The molecule has 0 aliphatic heterocycles. The van der Waals surface area contributed by atoms with E-state index in [1.807, 2.05) is 18.2 Å². The molecule has 7 heteroatoms. The summed E-state index contributed by atoms with van der Waals surface area (Å²) in [6, 6.07) is 12.4. The molecule has 0 aromatic heterocycles. The molecule has 0 saturated heterocycles. The number of hydrogen-bond acceptors (Lipinski definition) is 4. The lowest BCUT2D eigenvalue weighted by Crippen LogP contribution is -2.24. The van der Waals surface area contributed by atoms with Gasteiger partial charge in [-0.3, -0.25) is 4.79 Å². The third-order valence-corrected chi connectivity index (χ3v) is 3.76. The van der Waals surface area contributed by atoms with E-state index in [1.165, 1.54) is 6.21 Å². The van der Waals surface area contributed by atoms with Crippen LogP contribution in [0.25, 0.3) is 0 Å². The molecule has 0 aliphatic carbocycles. The van der Waals surface area contributed by atoms with E-state index in [4.69, 9.17) is 4.74 Å². The highest BCUT2D eigenvalue weighted by atomic mass is 79.9. The summed E-state index contributed by atoms with van der Waals surface area (Å²) in [6.45, 7) is -0.121. The van der Waals surface area contributed by atoms with Crippen molar-refractivity contribution in [3.63, 3.8) is 0 Å². The smallest absolute Gasteiger partial charge is 0.277 e. The van der Waals surface area contributed by atoms with Crippen LogP contribution >= 0.6 is 31.9 Å². The number of para-hydroxylation sites is 1. The standard InChI is InChI=1S/C15H12Br2N2O3/c16-12-6-10(7-13(17)15(12)21)8-18-19-14(20)9-22-11-4-2-1-3-5-11/h1-8,21H,9H2,(H,19,20)/b18-8-. The van der Waals surface area contributed by atoms with Crippen LogP contribution in [0, 0.1) is 0 Å². The first kappa shape index (κ1) is 16.5. The van der Waals surface area contributed by atoms with Crippen LogP contribution < -0.4 is 10.2 Å². The molecule has 0 aliphatic rings. The predicted molar refractivity (Wildman–Crippen MR) is 91.2 cm³/mol. The molecular formula is C15H12Br2N2O3. The Balaban J connectivity index is 1.85. The molecule has 5 nitrogen and oxygen atoms in total. The van der Waals surface area contributed by atoms with Gasteiger partial charge in [-0.25, -0.2) is 5.43 Å². The summed E-state index contributed by atoms with van der Waals surface area (Å²) in [5, 5.41) is 13.4. The second-order valence-electron chi connectivity index (χ2n) is 4.23. The van der Waals surface area contributed by atoms with Crippen molar-refractivity contribution in [1.82, 2.24) is 5.43 Å². The van der Waals surface area contributed by atoms with Crippen molar-refractivity contribution in [2.24, 2.45) is 5.10 Å². The SMILES string of the molecule is O=C(COc1ccccc1)N/N=C\c1cc(Br)c(O)c(Br)c1. The molecule has 0 unspecified atom stereocenters. The second-order valence-corrected chi connectivity index (χ2v) is 5.94. The molecule has 2 aromatic rings. The van der Waals surface area contributed by atoms with E-state index in [0.717, 1.165) is 0 Å². The fourth-order valence-corrected chi connectivity index (χ4v) is 2.76. The number of phenolic OH excluding ortho intramolecular Hbond substituents is 1. The number of nitrogens with one attached hydrogen (secondary N) is 1. The predicted octanol–water partition coefficient (Wildman–Crippen LogP) is 3.45. The number of halogens is 2. The first-order chi connectivity index (χ1) is 10.6. The van der Waals surface area contributed by atoms with Crippen molar-refractivity contribution in [1.29, 1.82) is 0 Å². The zero-order chi connectivity index (χ0) is 15.9. The van der Waals surface area contributed by atoms with Crippen molar-refractivity contribution in [3.8, 4) is 11.5 Å². The third-order valence-electron chi connectivity index (χ3n) is 2.56. The number of amides is 1. The first-order valence-electron chi connectivity index (χ1n) is 6.24. The molecule has 0 heterocycles. The lowest BCUT2D eigenvalue weighted by molar-refractivity contribution is -0.123. The molecule has 1 amide bonds. The number of carbonyl (C=O) groups is 1. The summed E-state index contributed by atoms with van der Waals surface area (Å²) in [5.41, 5.74) is 3.08. The molecule has 22 heavy (non-hydrogen) atoms. The van der Waals surface area contributed by atoms with Crippen LogP contribution in [0.5, 0.6) is 11.5 Å². The molecule has 0 radical (unpaired) electrons. The molecule has 0 bridgehead atoms. The summed E-state index contributed by atoms with van der Waals surface area (Å²) in [6.07, 6.45) is 1.47. The zero-order valence-corrected chi connectivity index (χ0v) is 14.5. The van der Waals surface area contributed by atoms with Crippen molar-refractivity contribution < 1.29 is 14.6 Å². The number of aromatic hydroxyl groups is 1. The summed E-state index contributed by atoms with van der Waals surface area (Å²) in [5.74, 6) is 0.363. The lowest BCUT2D eigenvalue weighted by Gasteiger charge is -2.04. The Morgan fingerprint density at radius 1 is 1.23 bits per heavy atom. The van der Waals surface area contributed by atoms with Gasteiger partial charge in [0, 0.05) is 0 Å². The first-order valence-corrected chi connectivity index (χ1v) is 7.82. The number of hydrogen-bond donors (Lipinski definition) is 2. The van der Waals surface area contributed by atoms with Crippen LogP contribution in [0.2, 0.25) is 0 Å². The minimum atomic E-state index is -0.364. The Hall–Kier alpha value is -1.86.